The molecule has 13 rings (SSSR count). The first kappa shape index (κ1) is 35.9. The normalized spacial score (nSPS) is 12.9. The number of fused-ring (bicyclic) bond motifs is 10. The molecule has 63 heavy (non-hydrogen) atoms. The number of hydrogen-bond acceptors (Lipinski definition) is 2. The van der Waals surface area contributed by atoms with Crippen molar-refractivity contribution in [2.45, 2.75) is 0 Å². The van der Waals surface area contributed by atoms with E-state index in [0.717, 1.165) is 44.9 Å². The summed E-state index contributed by atoms with van der Waals surface area (Å²) in [4.78, 5) is 11.6. The van der Waals surface area contributed by atoms with Gasteiger partial charge in [0.25, 0.3) is 0 Å². The number of para-hydroxylation sites is 4. The van der Waals surface area contributed by atoms with Gasteiger partial charge in [-0.2, -0.15) is 0 Å². The van der Waals surface area contributed by atoms with Crippen molar-refractivity contribution in [2.24, 2.45) is 0 Å². The van der Waals surface area contributed by atoms with Crippen molar-refractivity contribution < 1.29 is 0 Å². The third-order valence-corrected chi connectivity index (χ3v) is 23.4. The van der Waals surface area contributed by atoms with Crippen molar-refractivity contribution >= 4 is 74.5 Å². The van der Waals surface area contributed by atoms with Gasteiger partial charge in [-0.05, 0) is 18.2 Å². The molecule has 0 aliphatic carbocycles. The number of benzene rings is 9. The Balaban J connectivity index is 1.12. The monoisotopic (exact) mass is 864 g/mol. The van der Waals surface area contributed by atoms with Crippen molar-refractivity contribution in [1.82, 2.24) is 19.1 Å². The fourth-order valence-corrected chi connectivity index (χ4v) is 21.7. The average Bonchev–Trinajstić information content (AvgIpc) is 3.99. The average molecular weight is 864 g/mol. The third kappa shape index (κ3) is 5.16. The SMILES string of the molecule is c1ccc(-c2nc(-c3ccccc3-n3c4ccccc4c4c5c6ccccc6n(-c6ccccc6)c5ccc43)nc3[c]2[Ge]([c]2ccccc2)([c]2ccccc2)[c]2ccccc2-3)cc1. The molecule has 0 saturated heterocycles. The van der Waals surface area contributed by atoms with E-state index < -0.39 is 13.3 Å². The minimum absolute atomic E-state index is 0.713. The van der Waals surface area contributed by atoms with E-state index in [9.17, 15) is 0 Å². The summed E-state index contributed by atoms with van der Waals surface area (Å²) in [5, 5.41) is 4.93. The summed E-state index contributed by atoms with van der Waals surface area (Å²) in [5.41, 5.74) is 12.2. The molecule has 12 aromatic rings. The van der Waals surface area contributed by atoms with Gasteiger partial charge < -0.3 is 0 Å². The Bertz CT molecular complexity index is 3690. The Morgan fingerprint density at radius 1 is 0.349 bits per heavy atom. The molecule has 1 aliphatic heterocycles. The predicted molar refractivity (Wildman–Crippen MR) is 264 cm³/mol. The molecule has 3 aromatic heterocycles. The van der Waals surface area contributed by atoms with Crippen LogP contribution in [-0.2, 0) is 0 Å². The van der Waals surface area contributed by atoms with Gasteiger partial charge in [-0.3, -0.25) is 0 Å². The fraction of sp³-hybridized carbons (Fsp3) is 0. The predicted octanol–water partition coefficient (Wildman–Crippen LogP) is 11.4. The summed E-state index contributed by atoms with van der Waals surface area (Å²) in [6.07, 6.45) is 0. The first-order chi connectivity index (χ1) is 31.3. The quantitative estimate of drug-likeness (QED) is 0.156. The molecule has 0 bridgehead atoms. The van der Waals surface area contributed by atoms with Gasteiger partial charge in [0.2, 0.25) is 0 Å². The van der Waals surface area contributed by atoms with Gasteiger partial charge >= 0.3 is 315 Å². The summed E-state index contributed by atoms with van der Waals surface area (Å²) >= 11 is -3.71. The van der Waals surface area contributed by atoms with Crippen LogP contribution in [0.1, 0.15) is 0 Å². The molecular formula is C58H38GeN4. The molecule has 0 fully saturated rings. The standard InChI is InChI=1S/C58H38GeN4/c1-5-21-39(22-6-1)56-55-57(43-29-13-17-33-47(43)59(55,40-23-7-2-8-24-40)41-25-9-3-10-26-41)61-58(60-56)46-32-16-20-36-50(46)63-49-35-19-15-31-45(49)54-52(63)38-37-51-53(54)44-30-14-18-34-48(44)62(51)42-27-11-4-12-28-42/h1-38H. The zero-order valence-corrected chi connectivity index (χ0v) is 36.3. The summed E-state index contributed by atoms with van der Waals surface area (Å²) in [7, 11) is 0. The number of rotatable bonds is 6. The maximum absolute atomic E-state index is 5.79. The van der Waals surface area contributed by atoms with E-state index in [4.69, 9.17) is 9.97 Å². The van der Waals surface area contributed by atoms with Crippen LogP contribution in [0.2, 0.25) is 0 Å². The van der Waals surface area contributed by atoms with Crippen molar-refractivity contribution in [3.8, 4) is 45.3 Å². The van der Waals surface area contributed by atoms with Crippen LogP contribution >= 0.6 is 0 Å². The number of hydrogen-bond donors (Lipinski definition) is 0. The number of nitrogens with zero attached hydrogens (tertiary/aromatic N) is 4. The van der Waals surface area contributed by atoms with E-state index in [1.54, 1.807) is 0 Å². The molecule has 0 unspecified atom stereocenters. The van der Waals surface area contributed by atoms with Gasteiger partial charge in [-0.1, -0.05) is 30.3 Å². The van der Waals surface area contributed by atoms with E-state index in [-0.39, 0.29) is 0 Å². The van der Waals surface area contributed by atoms with Crippen LogP contribution in [0.4, 0.5) is 0 Å². The van der Waals surface area contributed by atoms with Crippen LogP contribution in [-0.4, -0.2) is 32.4 Å². The van der Waals surface area contributed by atoms with Crippen molar-refractivity contribution in [2.75, 3.05) is 0 Å². The second kappa shape index (κ2) is 14.1. The Labute approximate surface area is 367 Å². The molecule has 0 amide bonds. The minimum atomic E-state index is -3.71. The molecule has 294 valence electrons. The molecule has 9 aromatic carbocycles. The van der Waals surface area contributed by atoms with Gasteiger partial charge in [-0.15, -0.1) is 0 Å². The van der Waals surface area contributed by atoms with Gasteiger partial charge in [0.05, 0.1) is 0 Å². The summed E-state index contributed by atoms with van der Waals surface area (Å²) in [5.74, 6) is 0.713. The van der Waals surface area contributed by atoms with Gasteiger partial charge in [0, 0.05) is 5.69 Å². The third-order valence-electron chi connectivity index (χ3n) is 13.2. The molecule has 4 heterocycles. The Hall–Kier alpha value is -7.80. The first-order valence-corrected chi connectivity index (χ1v) is 25.8. The molecule has 0 spiro atoms. The summed E-state index contributed by atoms with van der Waals surface area (Å²) < 4.78 is 10.3. The topological polar surface area (TPSA) is 35.6 Å². The van der Waals surface area contributed by atoms with Crippen LogP contribution in [0.5, 0.6) is 0 Å². The Morgan fingerprint density at radius 2 is 0.825 bits per heavy atom. The zero-order valence-electron chi connectivity index (χ0n) is 34.2. The van der Waals surface area contributed by atoms with Crippen molar-refractivity contribution in [3.63, 3.8) is 0 Å². The molecule has 5 heteroatoms. The van der Waals surface area contributed by atoms with E-state index in [1.807, 2.05) is 0 Å². The van der Waals surface area contributed by atoms with Crippen LogP contribution < -0.4 is 17.6 Å². The fourth-order valence-electron chi connectivity index (χ4n) is 10.7. The summed E-state index contributed by atoms with van der Waals surface area (Å²) in [6, 6.07) is 83.9. The van der Waals surface area contributed by atoms with Gasteiger partial charge in [0.15, 0.2) is 0 Å². The molecule has 0 atom stereocenters. The van der Waals surface area contributed by atoms with Crippen molar-refractivity contribution in [3.05, 3.63) is 231 Å². The number of aromatic nitrogens is 4. The molecule has 0 saturated carbocycles. The van der Waals surface area contributed by atoms with Gasteiger partial charge in [0.1, 0.15) is 0 Å². The second-order valence-corrected chi connectivity index (χ2v) is 24.2. The Morgan fingerprint density at radius 3 is 1.48 bits per heavy atom. The first-order valence-electron chi connectivity index (χ1n) is 21.6. The zero-order chi connectivity index (χ0) is 41.5. The van der Waals surface area contributed by atoms with E-state index >= 15 is 0 Å². The van der Waals surface area contributed by atoms with E-state index in [1.165, 1.54) is 55.7 Å². The summed E-state index contributed by atoms with van der Waals surface area (Å²) in [6.45, 7) is 0. The molecular weight excluding hydrogens is 825 g/mol. The van der Waals surface area contributed by atoms with E-state index in [0.29, 0.717) is 5.82 Å². The molecule has 0 N–H and O–H groups in total. The van der Waals surface area contributed by atoms with Crippen LogP contribution in [0.3, 0.4) is 0 Å². The molecule has 4 nitrogen and oxygen atoms in total. The van der Waals surface area contributed by atoms with Crippen LogP contribution in [0.15, 0.2) is 231 Å². The molecule has 1 aliphatic rings. The van der Waals surface area contributed by atoms with Crippen molar-refractivity contribution in [1.29, 1.82) is 0 Å². The van der Waals surface area contributed by atoms with Crippen LogP contribution in [0.25, 0.3) is 88.9 Å². The Kier molecular flexibility index (Phi) is 8.05. The maximum atomic E-state index is 5.79. The molecule has 0 radical (unpaired) electrons. The second-order valence-electron chi connectivity index (χ2n) is 16.4. The van der Waals surface area contributed by atoms with Crippen LogP contribution in [0, 0.1) is 0 Å². The van der Waals surface area contributed by atoms with E-state index in [2.05, 4.69) is 240 Å². The van der Waals surface area contributed by atoms with Gasteiger partial charge in [-0.25, -0.2) is 0 Å².